The van der Waals surface area contributed by atoms with E-state index in [-0.39, 0.29) is 11.2 Å². The average molecular weight is 294 g/mol. The number of halogens is 1. The molecule has 1 aromatic rings. The van der Waals surface area contributed by atoms with Crippen LogP contribution >= 0.6 is 0 Å². The number of rotatable bonds is 7. The third-order valence-electron chi connectivity index (χ3n) is 4.38. The fourth-order valence-electron chi connectivity index (χ4n) is 3.05. The lowest BCUT2D eigenvalue weighted by atomic mass is 9.79. The van der Waals surface area contributed by atoms with Crippen LogP contribution in [0.5, 0.6) is 0 Å². The molecule has 21 heavy (non-hydrogen) atoms. The molecule has 1 aromatic carbocycles. The highest BCUT2D eigenvalue weighted by Crippen LogP contribution is 2.32. The fraction of sp³-hybridized carbons (Fsp3) is 0.647. The lowest BCUT2D eigenvalue weighted by Gasteiger charge is -2.41. The molecular weight excluding hydrogens is 267 g/mol. The van der Waals surface area contributed by atoms with E-state index in [1.807, 2.05) is 6.07 Å². The Kier molecular flexibility index (Phi) is 6.00. The van der Waals surface area contributed by atoms with E-state index >= 15 is 0 Å². The molecule has 0 amide bonds. The highest BCUT2D eigenvalue weighted by molar-refractivity contribution is 5.46. The molecule has 118 valence electrons. The zero-order chi connectivity index (χ0) is 15.1. The van der Waals surface area contributed by atoms with Crippen LogP contribution in [0, 0.1) is 11.2 Å². The summed E-state index contributed by atoms with van der Waals surface area (Å²) in [5.41, 5.74) is 1.19. The van der Waals surface area contributed by atoms with E-state index in [0.29, 0.717) is 0 Å². The van der Waals surface area contributed by atoms with Gasteiger partial charge in [0.1, 0.15) is 5.82 Å². The first-order valence-electron chi connectivity index (χ1n) is 7.98. The smallest absolute Gasteiger partial charge is 0.125 e. The largest absolute Gasteiger partial charge is 0.381 e. The number of hydrogen-bond acceptors (Lipinski definition) is 3. The van der Waals surface area contributed by atoms with E-state index in [4.69, 9.17) is 4.74 Å². The Bertz CT molecular complexity index is 433. The summed E-state index contributed by atoms with van der Waals surface area (Å²) in [7, 11) is 0. The standard InChI is InChI=1S/C17H27FN2O/c1-3-19-13-17(8-10-21-11-9-17)14-20(4-2)16-7-5-6-15(18)12-16/h5-7,12,19H,3-4,8-11,13-14H2,1-2H3. The number of benzene rings is 1. The van der Waals surface area contributed by atoms with Crippen LogP contribution in [-0.4, -0.2) is 39.4 Å². The number of hydrogen-bond donors (Lipinski definition) is 1. The summed E-state index contributed by atoms with van der Waals surface area (Å²) in [6.07, 6.45) is 2.12. The predicted octanol–water partition coefficient (Wildman–Crippen LogP) is 3.06. The molecule has 0 unspecified atom stereocenters. The van der Waals surface area contributed by atoms with Crippen LogP contribution in [0.2, 0.25) is 0 Å². The minimum absolute atomic E-state index is 0.168. The normalized spacial score (nSPS) is 17.7. The summed E-state index contributed by atoms with van der Waals surface area (Å²) in [6, 6.07) is 6.91. The Morgan fingerprint density at radius 3 is 2.67 bits per heavy atom. The Balaban J connectivity index is 2.12. The molecule has 0 spiro atoms. The first-order valence-corrected chi connectivity index (χ1v) is 7.98. The second kappa shape index (κ2) is 7.76. The molecule has 1 N–H and O–H groups in total. The van der Waals surface area contributed by atoms with Gasteiger partial charge in [0.15, 0.2) is 0 Å². The van der Waals surface area contributed by atoms with Crippen molar-refractivity contribution in [1.82, 2.24) is 5.32 Å². The van der Waals surface area contributed by atoms with E-state index < -0.39 is 0 Å². The highest BCUT2D eigenvalue weighted by Gasteiger charge is 2.34. The van der Waals surface area contributed by atoms with Crippen LogP contribution in [0.4, 0.5) is 10.1 Å². The van der Waals surface area contributed by atoms with Gasteiger partial charge < -0.3 is 15.0 Å². The third-order valence-corrected chi connectivity index (χ3v) is 4.38. The van der Waals surface area contributed by atoms with Crippen molar-refractivity contribution in [2.75, 3.05) is 44.3 Å². The van der Waals surface area contributed by atoms with Crippen LogP contribution < -0.4 is 10.2 Å². The van der Waals surface area contributed by atoms with E-state index in [1.165, 1.54) is 6.07 Å². The molecule has 0 bridgehead atoms. The van der Waals surface area contributed by atoms with Gasteiger partial charge in [0.2, 0.25) is 0 Å². The van der Waals surface area contributed by atoms with Crippen molar-refractivity contribution in [3.05, 3.63) is 30.1 Å². The topological polar surface area (TPSA) is 24.5 Å². The summed E-state index contributed by atoms with van der Waals surface area (Å²) >= 11 is 0. The number of ether oxygens (including phenoxy) is 1. The van der Waals surface area contributed by atoms with Crippen LogP contribution in [-0.2, 0) is 4.74 Å². The second-order valence-corrected chi connectivity index (χ2v) is 5.89. The molecule has 0 radical (unpaired) electrons. The van der Waals surface area contributed by atoms with E-state index in [2.05, 4.69) is 24.1 Å². The van der Waals surface area contributed by atoms with Gasteiger partial charge in [-0.1, -0.05) is 13.0 Å². The molecule has 1 fully saturated rings. The minimum Gasteiger partial charge on any atom is -0.381 e. The van der Waals surface area contributed by atoms with Gasteiger partial charge in [-0.2, -0.15) is 0 Å². The lowest BCUT2D eigenvalue weighted by Crippen LogP contribution is -2.47. The Morgan fingerprint density at radius 1 is 1.29 bits per heavy atom. The molecule has 1 aliphatic heterocycles. The van der Waals surface area contributed by atoms with Crippen molar-refractivity contribution in [2.45, 2.75) is 26.7 Å². The van der Waals surface area contributed by atoms with Gasteiger partial charge in [0, 0.05) is 44.0 Å². The second-order valence-electron chi connectivity index (χ2n) is 5.89. The molecule has 0 saturated carbocycles. The summed E-state index contributed by atoms with van der Waals surface area (Å²) in [6.45, 7) is 9.73. The number of nitrogens with zero attached hydrogens (tertiary/aromatic N) is 1. The average Bonchev–Trinajstić information content (AvgIpc) is 2.52. The van der Waals surface area contributed by atoms with E-state index in [9.17, 15) is 4.39 Å². The lowest BCUT2D eigenvalue weighted by molar-refractivity contribution is 0.0186. The van der Waals surface area contributed by atoms with Crippen molar-refractivity contribution in [3.63, 3.8) is 0 Å². The van der Waals surface area contributed by atoms with Gasteiger partial charge in [-0.3, -0.25) is 0 Å². The fourth-order valence-corrected chi connectivity index (χ4v) is 3.05. The first-order chi connectivity index (χ1) is 10.2. The van der Waals surface area contributed by atoms with Crippen molar-refractivity contribution < 1.29 is 9.13 Å². The predicted molar refractivity (Wildman–Crippen MR) is 85.3 cm³/mol. The van der Waals surface area contributed by atoms with Gasteiger partial charge in [-0.15, -0.1) is 0 Å². The Morgan fingerprint density at radius 2 is 2.05 bits per heavy atom. The molecule has 1 aliphatic rings. The molecule has 0 atom stereocenters. The molecule has 2 rings (SSSR count). The zero-order valence-electron chi connectivity index (χ0n) is 13.2. The van der Waals surface area contributed by atoms with Gasteiger partial charge in [0.05, 0.1) is 0 Å². The molecule has 0 aliphatic carbocycles. The summed E-state index contributed by atoms with van der Waals surface area (Å²) < 4.78 is 19.0. The molecular formula is C17H27FN2O. The Hall–Kier alpha value is -1.13. The van der Waals surface area contributed by atoms with Crippen molar-refractivity contribution in [1.29, 1.82) is 0 Å². The van der Waals surface area contributed by atoms with Crippen molar-refractivity contribution in [3.8, 4) is 0 Å². The maximum absolute atomic E-state index is 13.5. The summed E-state index contributed by atoms with van der Waals surface area (Å²) in [4.78, 5) is 2.28. The van der Waals surface area contributed by atoms with Crippen LogP contribution in [0.1, 0.15) is 26.7 Å². The number of anilines is 1. The molecule has 0 aromatic heterocycles. The minimum atomic E-state index is -0.168. The SMILES string of the molecule is CCNCC1(CN(CC)c2cccc(F)c2)CCOCC1. The van der Waals surface area contributed by atoms with Crippen LogP contribution in [0.25, 0.3) is 0 Å². The van der Waals surface area contributed by atoms with E-state index in [1.54, 1.807) is 12.1 Å². The van der Waals surface area contributed by atoms with Gasteiger partial charge in [0.25, 0.3) is 0 Å². The van der Waals surface area contributed by atoms with Gasteiger partial charge >= 0.3 is 0 Å². The van der Waals surface area contributed by atoms with Crippen molar-refractivity contribution in [2.24, 2.45) is 5.41 Å². The highest BCUT2D eigenvalue weighted by atomic mass is 19.1. The summed E-state index contributed by atoms with van der Waals surface area (Å²) in [5.74, 6) is -0.168. The van der Waals surface area contributed by atoms with E-state index in [0.717, 1.165) is 57.9 Å². The molecule has 3 nitrogen and oxygen atoms in total. The third kappa shape index (κ3) is 4.42. The Labute approximate surface area is 127 Å². The zero-order valence-corrected chi connectivity index (χ0v) is 13.2. The number of nitrogens with one attached hydrogen (secondary N) is 1. The molecule has 1 saturated heterocycles. The van der Waals surface area contributed by atoms with Gasteiger partial charge in [-0.25, -0.2) is 4.39 Å². The quantitative estimate of drug-likeness (QED) is 0.836. The van der Waals surface area contributed by atoms with Crippen LogP contribution in [0.15, 0.2) is 24.3 Å². The van der Waals surface area contributed by atoms with Gasteiger partial charge in [-0.05, 0) is 44.5 Å². The molecule has 4 heteroatoms. The summed E-state index contributed by atoms with van der Waals surface area (Å²) in [5, 5.41) is 3.49. The maximum atomic E-state index is 13.5. The van der Waals surface area contributed by atoms with Crippen LogP contribution in [0.3, 0.4) is 0 Å². The first kappa shape index (κ1) is 16.2. The monoisotopic (exact) mass is 294 g/mol. The molecule has 1 heterocycles. The maximum Gasteiger partial charge on any atom is 0.125 e. The van der Waals surface area contributed by atoms with Crippen molar-refractivity contribution >= 4 is 5.69 Å².